The average molecular weight is 97.1 g/mol. The topological polar surface area (TPSA) is 46.1 Å². The van der Waals surface area contributed by atoms with Gasteiger partial charge in [0.15, 0.2) is 0 Å². The number of nitriles is 1. The van der Waals surface area contributed by atoms with Crippen molar-refractivity contribution in [3.63, 3.8) is 0 Å². The smallest absolute Gasteiger partial charge is 0.130 e. The monoisotopic (exact) mass is 97.0 g/mol. The van der Waals surface area contributed by atoms with Gasteiger partial charge in [-0.15, -0.1) is 0 Å². The number of hydrogen-bond donors (Lipinski definition) is 0. The highest BCUT2D eigenvalue weighted by Gasteiger charge is 1.82. The maximum absolute atomic E-state index is 11.2. The lowest BCUT2D eigenvalue weighted by Crippen LogP contribution is -1.77. The Labute approximate surface area is 40.4 Å². The molecule has 0 aliphatic rings. The molecule has 0 aromatic carbocycles. The van der Waals surface area contributed by atoms with Crippen molar-refractivity contribution in [1.29, 1.82) is 5.26 Å². The van der Waals surface area contributed by atoms with Crippen LogP contribution >= 0.6 is 0 Å². The van der Waals surface area contributed by atoms with Crippen LogP contribution in [0.5, 0.6) is 0 Å². The zero-order valence-electron chi connectivity index (χ0n) is 3.48. The average Bonchev–Trinajstić information content (AvgIpc) is 1.72. The van der Waals surface area contributed by atoms with E-state index in [0.29, 0.717) is 0 Å². The number of alkyl halides is 1. The van der Waals surface area contributed by atoms with Crippen LogP contribution in [0.1, 0.15) is 0 Å². The predicted molar refractivity (Wildman–Crippen MR) is 23.5 cm³/mol. The molecule has 0 saturated carbocycles. The Hall–Kier alpha value is -1.13. The molecule has 0 aromatic heterocycles. The van der Waals surface area contributed by atoms with Crippen LogP contribution in [-0.2, 0) is 0 Å². The molecule has 0 radical (unpaired) electrons. The van der Waals surface area contributed by atoms with Crippen LogP contribution in [0.25, 0.3) is 5.41 Å². The minimum absolute atomic E-state index is 0.375. The first kappa shape index (κ1) is 5.87. The van der Waals surface area contributed by atoms with Gasteiger partial charge in [0.1, 0.15) is 12.7 Å². The second kappa shape index (κ2) is 3.08. The van der Waals surface area contributed by atoms with Gasteiger partial charge in [-0.3, -0.25) is 5.87 Å². The van der Waals surface area contributed by atoms with Gasteiger partial charge in [0, 0.05) is 0 Å². The van der Waals surface area contributed by atoms with Crippen molar-refractivity contribution in [3.8, 4) is 6.07 Å². The molecular formula is C4H2FN2-. The lowest BCUT2D eigenvalue weighted by Gasteiger charge is -1.78. The van der Waals surface area contributed by atoms with Crippen molar-refractivity contribution in [3.05, 3.63) is 11.0 Å². The number of rotatable bonds is 1. The molecule has 0 fully saturated rings. The standard InChI is InChI=1S/C4H2FN2/c5-1-4(2-6)3-7/h1H2/q-1. The summed E-state index contributed by atoms with van der Waals surface area (Å²) in [6.45, 7) is -0.951. The number of nitrogens with zero attached hydrogens (tertiary/aromatic N) is 2. The summed E-state index contributed by atoms with van der Waals surface area (Å²) >= 11 is 0. The van der Waals surface area contributed by atoms with E-state index in [9.17, 15) is 4.39 Å². The van der Waals surface area contributed by atoms with Gasteiger partial charge < -0.3 is 5.41 Å². The van der Waals surface area contributed by atoms with E-state index in [0.717, 1.165) is 0 Å². The van der Waals surface area contributed by atoms with Crippen molar-refractivity contribution >= 4 is 5.87 Å². The maximum Gasteiger partial charge on any atom is 0.130 e. The predicted octanol–water partition coefficient (Wildman–Crippen LogP) is 0.645. The molecule has 0 heterocycles. The van der Waals surface area contributed by atoms with Gasteiger partial charge in [-0.2, -0.15) is 5.26 Å². The molecule has 0 N–H and O–H groups in total. The lowest BCUT2D eigenvalue weighted by atomic mass is 10.4. The summed E-state index contributed by atoms with van der Waals surface area (Å²) in [6.07, 6.45) is 0. The molecule has 0 amide bonds. The first-order valence-electron chi connectivity index (χ1n) is 1.57. The number of halogens is 1. The molecule has 2 nitrogen and oxygen atoms in total. The fourth-order valence-corrected chi connectivity index (χ4v) is 0.0848. The summed E-state index contributed by atoms with van der Waals surface area (Å²) in [5.41, 5.74) is -0.375. The molecule has 0 rings (SSSR count). The molecule has 7 heavy (non-hydrogen) atoms. The van der Waals surface area contributed by atoms with E-state index in [1.807, 2.05) is 0 Å². The molecule has 36 valence electrons. The van der Waals surface area contributed by atoms with Gasteiger partial charge in [0.2, 0.25) is 0 Å². The van der Waals surface area contributed by atoms with Crippen LogP contribution in [0.4, 0.5) is 4.39 Å². The van der Waals surface area contributed by atoms with Crippen molar-refractivity contribution in [2.24, 2.45) is 0 Å². The molecule has 0 aromatic rings. The van der Waals surface area contributed by atoms with Gasteiger partial charge in [-0.1, -0.05) is 0 Å². The highest BCUT2D eigenvalue weighted by molar-refractivity contribution is 5.65. The molecule has 0 aliphatic carbocycles. The van der Waals surface area contributed by atoms with Crippen molar-refractivity contribution < 1.29 is 4.39 Å². The van der Waals surface area contributed by atoms with Gasteiger partial charge in [0.25, 0.3) is 0 Å². The van der Waals surface area contributed by atoms with Crippen LogP contribution in [0.3, 0.4) is 0 Å². The van der Waals surface area contributed by atoms with Crippen LogP contribution in [-0.4, -0.2) is 12.5 Å². The third-order valence-corrected chi connectivity index (χ3v) is 0.404. The Bertz CT molecular complexity index is 138. The zero-order chi connectivity index (χ0) is 5.70. The molecule has 0 atom stereocenters. The molecular weight excluding hydrogens is 95.1 g/mol. The van der Waals surface area contributed by atoms with Gasteiger partial charge in [0.05, 0.1) is 5.57 Å². The number of allylic oxidation sites excluding steroid dienone is 1. The minimum atomic E-state index is -0.951. The number of hydrogen-bond acceptors (Lipinski definition) is 1. The summed E-state index contributed by atoms with van der Waals surface area (Å²) in [6, 6.07) is 1.38. The maximum atomic E-state index is 11.2. The summed E-state index contributed by atoms with van der Waals surface area (Å²) in [5.74, 6) is 1.38. The third-order valence-electron chi connectivity index (χ3n) is 0.404. The van der Waals surface area contributed by atoms with Crippen molar-refractivity contribution in [1.82, 2.24) is 0 Å². The molecule has 0 saturated heterocycles. The minimum Gasteiger partial charge on any atom is -0.762 e. The van der Waals surface area contributed by atoms with E-state index in [-0.39, 0.29) is 5.57 Å². The van der Waals surface area contributed by atoms with E-state index < -0.39 is 6.67 Å². The van der Waals surface area contributed by atoms with Gasteiger partial charge in [-0.05, 0) is 0 Å². The first-order chi connectivity index (χ1) is 3.35. The van der Waals surface area contributed by atoms with Gasteiger partial charge >= 0.3 is 0 Å². The normalized spacial score (nSPS) is 6.29. The van der Waals surface area contributed by atoms with Crippen LogP contribution in [0.15, 0.2) is 5.57 Å². The Morgan fingerprint density at radius 1 is 1.86 bits per heavy atom. The second-order valence-electron chi connectivity index (χ2n) is 0.836. The molecule has 0 unspecified atom stereocenters. The summed E-state index contributed by atoms with van der Waals surface area (Å²) in [4.78, 5) is 0. The largest absolute Gasteiger partial charge is 0.762 e. The highest BCUT2D eigenvalue weighted by Crippen LogP contribution is 1.82. The Balaban J connectivity index is 3.95. The summed E-state index contributed by atoms with van der Waals surface area (Å²) in [5, 5.41) is 15.6. The first-order valence-corrected chi connectivity index (χ1v) is 1.57. The van der Waals surface area contributed by atoms with Crippen molar-refractivity contribution in [2.45, 2.75) is 0 Å². The summed E-state index contributed by atoms with van der Waals surface area (Å²) < 4.78 is 11.2. The Morgan fingerprint density at radius 2 is 2.43 bits per heavy atom. The molecule has 3 heteroatoms. The third kappa shape index (κ3) is 1.69. The second-order valence-corrected chi connectivity index (χ2v) is 0.836. The van der Waals surface area contributed by atoms with E-state index >= 15 is 0 Å². The highest BCUT2D eigenvalue weighted by atomic mass is 19.1. The van der Waals surface area contributed by atoms with Crippen LogP contribution in [0.2, 0.25) is 0 Å². The Morgan fingerprint density at radius 3 is 2.43 bits per heavy atom. The van der Waals surface area contributed by atoms with Gasteiger partial charge in [-0.25, -0.2) is 4.39 Å². The van der Waals surface area contributed by atoms with Crippen LogP contribution < -0.4 is 0 Å². The fourth-order valence-electron chi connectivity index (χ4n) is 0.0848. The van der Waals surface area contributed by atoms with E-state index in [4.69, 9.17) is 10.7 Å². The van der Waals surface area contributed by atoms with Crippen molar-refractivity contribution in [2.75, 3.05) is 6.67 Å². The fraction of sp³-hybridized carbons (Fsp3) is 0.250. The molecule has 0 spiro atoms. The lowest BCUT2D eigenvalue weighted by molar-refractivity contribution is 0.553. The molecule has 0 aliphatic heterocycles. The molecule has 0 bridgehead atoms. The summed E-state index contributed by atoms with van der Waals surface area (Å²) in [7, 11) is 0. The zero-order valence-corrected chi connectivity index (χ0v) is 3.48. The van der Waals surface area contributed by atoms with Crippen LogP contribution in [0, 0.1) is 11.3 Å². The van der Waals surface area contributed by atoms with E-state index in [1.54, 1.807) is 0 Å². The van der Waals surface area contributed by atoms with E-state index in [2.05, 4.69) is 0 Å². The Kier molecular flexibility index (Phi) is 2.58. The SMILES string of the molecule is N#CC(=C=[N-])CF. The quantitative estimate of drug-likeness (QED) is 0.350. The van der Waals surface area contributed by atoms with E-state index in [1.165, 1.54) is 11.9 Å².